The smallest absolute Gasteiger partial charge is 0.338 e. The Morgan fingerprint density at radius 3 is 2.79 bits per heavy atom. The van der Waals surface area contributed by atoms with Gasteiger partial charge in [0.2, 0.25) is 0 Å². The third kappa shape index (κ3) is 5.09. The molecule has 2 N–H and O–H groups in total. The topological polar surface area (TPSA) is 96.3 Å². The molecule has 0 aromatic carbocycles. The molecule has 0 unspecified atom stereocenters. The Morgan fingerprint density at radius 2 is 2.18 bits per heavy atom. The zero-order chi connectivity index (χ0) is 20.9. The molecule has 2 aliphatic rings. The standard InChI is InChI=1S/C20H33NO6S/c1-5-14(18(23)24)10-13(2)20(3,27-12-28-4)19(25)26-11-15-6-8-21-9-7-16(22)17(15)21/h6,13-14,16-17,22H,5,7-12H2,1-4H3,(H,23,24)/t13-,14+,16-,17-,20+/m1/s1. The van der Waals surface area contributed by atoms with Crippen molar-refractivity contribution in [2.45, 2.75) is 57.8 Å². The number of fused-ring (bicyclic) bond motifs is 1. The molecule has 0 radical (unpaired) electrons. The molecule has 8 heteroatoms. The molecule has 28 heavy (non-hydrogen) atoms. The number of aliphatic hydroxyl groups is 1. The molecule has 0 spiro atoms. The van der Waals surface area contributed by atoms with Gasteiger partial charge in [-0.3, -0.25) is 9.69 Å². The zero-order valence-corrected chi connectivity index (χ0v) is 18.0. The van der Waals surface area contributed by atoms with Crippen LogP contribution < -0.4 is 0 Å². The van der Waals surface area contributed by atoms with Crippen molar-refractivity contribution in [3.05, 3.63) is 11.6 Å². The number of carbonyl (C=O) groups is 2. The van der Waals surface area contributed by atoms with Gasteiger partial charge in [-0.15, -0.1) is 11.8 Å². The number of ether oxygens (including phenoxy) is 2. The summed E-state index contributed by atoms with van der Waals surface area (Å²) in [4.78, 5) is 26.6. The average molecular weight is 416 g/mol. The Morgan fingerprint density at radius 1 is 1.46 bits per heavy atom. The fourth-order valence-electron chi connectivity index (χ4n) is 3.99. The van der Waals surface area contributed by atoms with Crippen molar-refractivity contribution in [1.82, 2.24) is 4.90 Å². The van der Waals surface area contributed by atoms with Gasteiger partial charge in [0.1, 0.15) is 6.61 Å². The van der Waals surface area contributed by atoms with Crippen molar-refractivity contribution >= 4 is 23.7 Å². The first-order valence-corrected chi connectivity index (χ1v) is 11.3. The van der Waals surface area contributed by atoms with Crippen LogP contribution in [0.1, 0.15) is 40.0 Å². The Bertz CT molecular complexity index is 597. The van der Waals surface area contributed by atoms with E-state index in [1.165, 1.54) is 11.8 Å². The predicted molar refractivity (Wildman–Crippen MR) is 108 cm³/mol. The highest BCUT2D eigenvalue weighted by atomic mass is 32.2. The molecule has 5 atom stereocenters. The van der Waals surface area contributed by atoms with Crippen LogP contribution in [0.3, 0.4) is 0 Å². The minimum Gasteiger partial charge on any atom is -0.481 e. The summed E-state index contributed by atoms with van der Waals surface area (Å²) < 4.78 is 11.5. The lowest BCUT2D eigenvalue weighted by Crippen LogP contribution is -2.47. The van der Waals surface area contributed by atoms with Crippen LogP contribution in [0.5, 0.6) is 0 Å². The van der Waals surface area contributed by atoms with E-state index >= 15 is 0 Å². The Labute approximate surface area is 171 Å². The van der Waals surface area contributed by atoms with E-state index in [-0.39, 0.29) is 18.6 Å². The number of nitrogens with zero attached hydrogens (tertiary/aromatic N) is 1. The van der Waals surface area contributed by atoms with Crippen molar-refractivity contribution in [1.29, 1.82) is 0 Å². The number of aliphatic carboxylic acids is 1. The van der Waals surface area contributed by atoms with E-state index < -0.39 is 29.6 Å². The number of aliphatic hydroxyl groups excluding tert-OH is 1. The van der Waals surface area contributed by atoms with Gasteiger partial charge in [-0.2, -0.15) is 0 Å². The summed E-state index contributed by atoms with van der Waals surface area (Å²) in [6.45, 7) is 7.09. The largest absolute Gasteiger partial charge is 0.481 e. The molecule has 0 amide bonds. The van der Waals surface area contributed by atoms with Crippen molar-refractivity contribution in [3.8, 4) is 0 Å². The van der Waals surface area contributed by atoms with Crippen LogP contribution in [0.25, 0.3) is 0 Å². The molecular formula is C20H33NO6S. The van der Waals surface area contributed by atoms with Crippen LogP contribution in [0.4, 0.5) is 0 Å². The summed E-state index contributed by atoms with van der Waals surface area (Å²) in [5, 5.41) is 19.5. The molecule has 0 bridgehead atoms. The van der Waals surface area contributed by atoms with Crippen LogP contribution in [0.15, 0.2) is 11.6 Å². The molecule has 2 heterocycles. The van der Waals surface area contributed by atoms with E-state index in [1.807, 2.05) is 26.2 Å². The van der Waals surface area contributed by atoms with Crippen molar-refractivity contribution < 1.29 is 29.3 Å². The first kappa shape index (κ1) is 23.2. The van der Waals surface area contributed by atoms with Gasteiger partial charge in [0, 0.05) is 13.1 Å². The van der Waals surface area contributed by atoms with E-state index in [0.29, 0.717) is 18.8 Å². The quantitative estimate of drug-likeness (QED) is 0.301. The number of hydrogen-bond acceptors (Lipinski definition) is 7. The van der Waals surface area contributed by atoms with Crippen LogP contribution >= 0.6 is 11.8 Å². The number of rotatable bonds is 11. The second-order valence-corrected chi connectivity index (χ2v) is 8.70. The van der Waals surface area contributed by atoms with Crippen LogP contribution in [0, 0.1) is 11.8 Å². The molecule has 7 nitrogen and oxygen atoms in total. The predicted octanol–water partition coefficient (Wildman–Crippen LogP) is 2.14. The second kappa shape index (κ2) is 10.1. The van der Waals surface area contributed by atoms with Gasteiger partial charge in [-0.1, -0.05) is 19.9 Å². The van der Waals surface area contributed by atoms with Crippen molar-refractivity contribution in [2.24, 2.45) is 11.8 Å². The number of carboxylic acids is 1. The van der Waals surface area contributed by atoms with Crippen molar-refractivity contribution in [2.75, 3.05) is 31.9 Å². The molecule has 0 aliphatic carbocycles. The SMILES string of the molecule is CC[C@@H](C[C@@H](C)[C@](C)(OCSC)C(=O)OCC1=CCN2CC[C@@H](O)[C@@H]12)C(=O)O. The maximum Gasteiger partial charge on any atom is 0.338 e. The summed E-state index contributed by atoms with van der Waals surface area (Å²) in [5.74, 6) is -1.88. The highest BCUT2D eigenvalue weighted by Gasteiger charge is 2.44. The third-order valence-electron chi connectivity index (χ3n) is 6.11. The Kier molecular flexibility index (Phi) is 8.36. The van der Waals surface area contributed by atoms with Gasteiger partial charge in [-0.05, 0) is 43.9 Å². The molecule has 1 saturated heterocycles. The Hall–Kier alpha value is -1.09. The number of hydrogen-bond donors (Lipinski definition) is 2. The van der Waals surface area contributed by atoms with E-state index in [2.05, 4.69) is 4.90 Å². The van der Waals surface area contributed by atoms with Gasteiger partial charge in [-0.25, -0.2) is 4.79 Å². The third-order valence-corrected chi connectivity index (χ3v) is 6.46. The summed E-state index contributed by atoms with van der Waals surface area (Å²) in [6.07, 6.45) is 5.03. The summed E-state index contributed by atoms with van der Waals surface area (Å²) in [5.41, 5.74) is -0.297. The Balaban J connectivity index is 2.04. The molecule has 0 saturated carbocycles. The van der Waals surface area contributed by atoms with Gasteiger partial charge in [0.05, 0.1) is 24.0 Å². The van der Waals surface area contributed by atoms with Gasteiger partial charge in [0.25, 0.3) is 0 Å². The van der Waals surface area contributed by atoms with Crippen LogP contribution in [-0.2, 0) is 19.1 Å². The van der Waals surface area contributed by atoms with E-state index in [4.69, 9.17) is 9.47 Å². The normalized spacial score (nSPS) is 26.2. The first-order valence-electron chi connectivity index (χ1n) is 9.88. The molecular weight excluding hydrogens is 382 g/mol. The summed E-state index contributed by atoms with van der Waals surface area (Å²) >= 11 is 1.45. The fourth-order valence-corrected chi connectivity index (χ4v) is 4.36. The number of esters is 1. The molecule has 2 rings (SSSR count). The number of thioether (sulfide) groups is 1. The highest BCUT2D eigenvalue weighted by Crippen LogP contribution is 2.33. The monoisotopic (exact) mass is 415 g/mol. The number of carboxylic acid groups (broad SMARTS) is 1. The van der Waals surface area contributed by atoms with Crippen molar-refractivity contribution in [3.63, 3.8) is 0 Å². The van der Waals surface area contributed by atoms with Gasteiger partial charge < -0.3 is 19.7 Å². The minimum atomic E-state index is -1.22. The van der Waals surface area contributed by atoms with Crippen LogP contribution in [0.2, 0.25) is 0 Å². The number of carbonyl (C=O) groups excluding carboxylic acids is 1. The van der Waals surface area contributed by atoms with Crippen LogP contribution in [-0.4, -0.2) is 76.7 Å². The van der Waals surface area contributed by atoms with Gasteiger partial charge in [0.15, 0.2) is 5.60 Å². The highest BCUT2D eigenvalue weighted by molar-refractivity contribution is 7.98. The molecule has 1 fully saturated rings. The lowest BCUT2D eigenvalue weighted by molar-refractivity contribution is -0.175. The van der Waals surface area contributed by atoms with E-state index in [1.54, 1.807) is 6.92 Å². The lowest BCUT2D eigenvalue weighted by Gasteiger charge is -2.34. The zero-order valence-electron chi connectivity index (χ0n) is 17.2. The maximum absolute atomic E-state index is 13.0. The lowest BCUT2D eigenvalue weighted by atomic mass is 9.82. The van der Waals surface area contributed by atoms with E-state index in [0.717, 1.165) is 25.1 Å². The summed E-state index contributed by atoms with van der Waals surface area (Å²) in [7, 11) is 0. The molecule has 2 aliphatic heterocycles. The molecule has 160 valence electrons. The maximum atomic E-state index is 13.0. The minimum absolute atomic E-state index is 0.0694. The first-order chi connectivity index (χ1) is 13.2. The molecule has 0 aromatic rings. The van der Waals surface area contributed by atoms with E-state index in [9.17, 15) is 19.8 Å². The fraction of sp³-hybridized carbons (Fsp3) is 0.800. The molecule has 0 aromatic heterocycles. The second-order valence-electron chi connectivity index (χ2n) is 7.89. The average Bonchev–Trinajstić information content (AvgIpc) is 3.24. The van der Waals surface area contributed by atoms with Gasteiger partial charge >= 0.3 is 11.9 Å². The summed E-state index contributed by atoms with van der Waals surface area (Å²) in [6, 6.07) is -0.0694.